The van der Waals surface area contributed by atoms with Gasteiger partial charge in [-0.2, -0.15) is 0 Å². The fourth-order valence-corrected chi connectivity index (χ4v) is 3.85. The highest BCUT2D eigenvalue weighted by Gasteiger charge is 2.30. The molecule has 0 spiro atoms. The SMILES string of the molecule is O=C(CN1CCn2cccc2C1c1ccccc1)NCC(=O)Nc1ccc(F)c(F)c1F. The smallest absolute Gasteiger partial charge is 0.243 e. The molecular formula is C23H21F3N4O2. The average Bonchev–Trinajstić information content (AvgIpc) is 3.27. The minimum atomic E-state index is -1.67. The van der Waals surface area contributed by atoms with Crippen LogP contribution in [0, 0.1) is 17.5 Å². The molecule has 0 bridgehead atoms. The van der Waals surface area contributed by atoms with Gasteiger partial charge >= 0.3 is 0 Å². The first-order chi connectivity index (χ1) is 15.4. The fraction of sp³-hybridized carbons (Fsp3) is 0.217. The highest BCUT2D eigenvalue weighted by Crippen LogP contribution is 2.31. The summed E-state index contributed by atoms with van der Waals surface area (Å²) in [7, 11) is 0. The van der Waals surface area contributed by atoms with Crippen LogP contribution in [0.2, 0.25) is 0 Å². The Labute approximate surface area is 182 Å². The van der Waals surface area contributed by atoms with Crippen molar-refractivity contribution < 1.29 is 22.8 Å². The molecule has 0 aliphatic carbocycles. The van der Waals surface area contributed by atoms with E-state index >= 15 is 0 Å². The van der Waals surface area contributed by atoms with E-state index in [0.29, 0.717) is 12.6 Å². The standard InChI is InChI=1S/C23H21F3N4O2/c24-16-8-9-17(22(26)21(16)25)28-19(31)13-27-20(32)14-30-12-11-29-10-4-7-18(29)23(30)15-5-2-1-3-6-15/h1-10,23H,11-14H2,(H,27,32)(H,28,31). The first-order valence-electron chi connectivity index (χ1n) is 10.1. The minimum absolute atomic E-state index is 0.0531. The molecule has 2 aromatic carbocycles. The van der Waals surface area contributed by atoms with Crippen molar-refractivity contribution in [3.8, 4) is 0 Å². The topological polar surface area (TPSA) is 66.4 Å². The summed E-state index contributed by atoms with van der Waals surface area (Å²) in [5.41, 5.74) is 1.62. The van der Waals surface area contributed by atoms with Crippen LogP contribution in [0.1, 0.15) is 17.3 Å². The summed E-state index contributed by atoms with van der Waals surface area (Å²) in [5.74, 6) is -5.66. The zero-order valence-electron chi connectivity index (χ0n) is 17.0. The molecule has 6 nitrogen and oxygen atoms in total. The monoisotopic (exact) mass is 442 g/mol. The van der Waals surface area contributed by atoms with Gasteiger partial charge in [0, 0.05) is 25.0 Å². The number of hydrogen-bond acceptors (Lipinski definition) is 3. The van der Waals surface area contributed by atoms with Gasteiger partial charge in [-0.05, 0) is 29.8 Å². The molecule has 2 N–H and O–H groups in total. The summed E-state index contributed by atoms with van der Waals surface area (Å²) in [6.45, 7) is 0.991. The first-order valence-corrected chi connectivity index (χ1v) is 10.1. The maximum atomic E-state index is 13.7. The van der Waals surface area contributed by atoms with Gasteiger partial charge in [-0.25, -0.2) is 13.2 Å². The summed E-state index contributed by atoms with van der Waals surface area (Å²) >= 11 is 0. The van der Waals surface area contributed by atoms with Gasteiger partial charge in [-0.15, -0.1) is 0 Å². The molecule has 2 amide bonds. The molecule has 1 aromatic heterocycles. The molecule has 1 unspecified atom stereocenters. The lowest BCUT2D eigenvalue weighted by Gasteiger charge is -2.36. The van der Waals surface area contributed by atoms with Crippen LogP contribution in [-0.4, -0.2) is 40.9 Å². The predicted octanol–water partition coefficient (Wildman–Crippen LogP) is 3.07. The number of nitrogens with one attached hydrogen (secondary N) is 2. The number of carbonyl (C=O) groups is 2. The van der Waals surface area contributed by atoms with Gasteiger partial charge in [0.25, 0.3) is 0 Å². The van der Waals surface area contributed by atoms with Crippen molar-refractivity contribution in [2.45, 2.75) is 12.6 Å². The summed E-state index contributed by atoms with van der Waals surface area (Å²) in [6, 6.07) is 15.3. The number of hydrogen-bond donors (Lipinski definition) is 2. The molecule has 9 heteroatoms. The van der Waals surface area contributed by atoms with Crippen molar-refractivity contribution in [1.29, 1.82) is 0 Å². The maximum Gasteiger partial charge on any atom is 0.243 e. The predicted molar refractivity (Wildman–Crippen MR) is 112 cm³/mol. The zero-order valence-corrected chi connectivity index (χ0v) is 17.0. The van der Waals surface area contributed by atoms with Crippen molar-refractivity contribution in [2.75, 3.05) is 25.0 Å². The highest BCUT2D eigenvalue weighted by molar-refractivity contribution is 5.94. The second-order valence-electron chi connectivity index (χ2n) is 7.46. The first kappa shape index (κ1) is 21.6. The number of anilines is 1. The van der Waals surface area contributed by atoms with Gasteiger partial charge in [-0.3, -0.25) is 14.5 Å². The summed E-state index contributed by atoms with van der Waals surface area (Å²) in [6.07, 6.45) is 2.00. The number of benzene rings is 2. The molecule has 2 heterocycles. The molecule has 166 valence electrons. The van der Waals surface area contributed by atoms with Gasteiger partial charge in [0.05, 0.1) is 24.8 Å². The Morgan fingerprint density at radius 3 is 2.47 bits per heavy atom. The molecule has 1 aliphatic rings. The largest absolute Gasteiger partial charge is 0.348 e. The Balaban J connectivity index is 1.38. The molecule has 32 heavy (non-hydrogen) atoms. The van der Waals surface area contributed by atoms with Gasteiger partial charge in [0.15, 0.2) is 17.5 Å². The Hall–Kier alpha value is -3.59. The Bertz CT molecular complexity index is 1130. The number of fused-ring (bicyclic) bond motifs is 1. The van der Waals surface area contributed by atoms with E-state index in [1.807, 2.05) is 53.6 Å². The number of aromatic nitrogens is 1. The van der Waals surface area contributed by atoms with Gasteiger partial charge in [0.2, 0.25) is 11.8 Å². The van der Waals surface area contributed by atoms with Crippen LogP contribution >= 0.6 is 0 Å². The minimum Gasteiger partial charge on any atom is -0.348 e. The van der Waals surface area contributed by atoms with E-state index in [2.05, 4.69) is 15.2 Å². The molecule has 0 saturated carbocycles. The van der Waals surface area contributed by atoms with Gasteiger partial charge < -0.3 is 15.2 Å². The molecule has 0 fully saturated rings. The van der Waals surface area contributed by atoms with Crippen LogP contribution < -0.4 is 10.6 Å². The number of halogens is 3. The molecule has 0 saturated heterocycles. The second-order valence-corrected chi connectivity index (χ2v) is 7.46. The van der Waals surface area contributed by atoms with Crippen LogP contribution in [0.4, 0.5) is 18.9 Å². The molecule has 4 rings (SSSR count). The quantitative estimate of drug-likeness (QED) is 0.577. The normalized spacial score (nSPS) is 15.8. The van der Waals surface area contributed by atoms with Crippen molar-refractivity contribution in [1.82, 2.24) is 14.8 Å². The fourth-order valence-electron chi connectivity index (χ4n) is 3.85. The van der Waals surface area contributed by atoms with Crippen LogP contribution in [0.15, 0.2) is 60.8 Å². The van der Waals surface area contributed by atoms with Crippen molar-refractivity contribution in [3.05, 3.63) is 89.5 Å². The van der Waals surface area contributed by atoms with E-state index in [9.17, 15) is 22.8 Å². The third kappa shape index (κ3) is 4.52. The summed E-state index contributed by atoms with van der Waals surface area (Å²) < 4.78 is 42.2. The lowest BCUT2D eigenvalue weighted by molar-refractivity contribution is -0.125. The third-order valence-electron chi connectivity index (χ3n) is 5.36. The van der Waals surface area contributed by atoms with Crippen LogP contribution in [0.25, 0.3) is 0 Å². The Kier molecular flexibility index (Phi) is 6.27. The summed E-state index contributed by atoms with van der Waals surface area (Å²) in [4.78, 5) is 26.6. The number of nitrogens with zero attached hydrogens (tertiary/aromatic N) is 2. The molecule has 1 atom stereocenters. The molecule has 0 radical (unpaired) electrons. The highest BCUT2D eigenvalue weighted by atomic mass is 19.2. The third-order valence-corrected chi connectivity index (χ3v) is 5.36. The maximum absolute atomic E-state index is 13.7. The van der Waals surface area contributed by atoms with E-state index in [-0.39, 0.29) is 18.5 Å². The lowest BCUT2D eigenvalue weighted by atomic mass is 10.00. The Morgan fingerprint density at radius 1 is 0.906 bits per heavy atom. The molecule has 1 aliphatic heterocycles. The zero-order chi connectivity index (χ0) is 22.7. The van der Waals surface area contributed by atoms with Crippen molar-refractivity contribution >= 4 is 17.5 Å². The number of amides is 2. The van der Waals surface area contributed by atoms with E-state index in [0.717, 1.165) is 23.9 Å². The number of rotatable bonds is 6. The lowest BCUT2D eigenvalue weighted by Crippen LogP contribution is -2.45. The van der Waals surface area contributed by atoms with Crippen LogP contribution in [0.5, 0.6) is 0 Å². The van der Waals surface area contributed by atoms with E-state index in [1.54, 1.807) is 0 Å². The van der Waals surface area contributed by atoms with Crippen LogP contribution in [-0.2, 0) is 16.1 Å². The Morgan fingerprint density at radius 2 is 1.69 bits per heavy atom. The second kappa shape index (κ2) is 9.27. The van der Waals surface area contributed by atoms with E-state index in [1.165, 1.54) is 0 Å². The molecule has 3 aromatic rings. The van der Waals surface area contributed by atoms with Gasteiger partial charge in [0.1, 0.15) is 0 Å². The average molecular weight is 442 g/mol. The van der Waals surface area contributed by atoms with Gasteiger partial charge in [-0.1, -0.05) is 30.3 Å². The van der Waals surface area contributed by atoms with Crippen LogP contribution in [0.3, 0.4) is 0 Å². The number of carbonyl (C=O) groups excluding carboxylic acids is 2. The summed E-state index contributed by atoms with van der Waals surface area (Å²) in [5, 5.41) is 4.62. The molecular weight excluding hydrogens is 421 g/mol. The van der Waals surface area contributed by atoms with Crippen molar-refractivity contribution in [3.63, 3.8) is 0 Å². The van der Waals surface area contributed by atoms with E-state index < -0.39 is 35.6 Å². The van der Waals surface area contributed by atoms with E-state index in [4.69, 9.17) is 0 Å². The van der Waals surface area contributed by atoms with Crippen molar-refractivity contribution in [2.24, 2.45) is 0 Å².